The van der Waals surface area contributed by atoms with Crippen LogP contribution >= 0.6 is 0 Å². The summed E-state index contributed by atoms with van der Waals surface area (Å²) in [7, 11) is 1.66. The molecule has 1 fully saturated rings. The van der Waals surface area contributed by atoms with E-state index in [0.29, 0.717) is 18.4 Å². The molecule has 5 nitrogen and oxygen atoms in total. The van der Waals surface area contributed by atoms with Crippen LogP contribution in [0.25, 0.3) is 0 Å². The van der Waals surface area contributed by atoms with Gasteiger partial charge in [-0.15, -0.1) is 0 Å². The number of carbonyl (C=O) groups is 1. The molecule has 26 heavy (non-hydrogen) atoms. The molecule has 1 saturated heterocycles. The zero-order chi connectivity index (χ0) is 17.9. The second-order valence-corrected chi connectivity index (χ2v) is 6.93. The molecule has 4 rings (SSSR count). The number of carbonyl (C=O) groups excluding carboxylic acids is 1. The Kier molecular flexibility index (Phi) is 4.80. The van der Waals surface area contributed by atoms with Crippen molar-refractivity contribution < 1.29 is 14.3 Å². The van der Waals surface area contributed by atoms with E-state index in [0.717, 1.165) is 48.7 Å². The van der Waals surface area contributed by atoms with Crippen molar-refractivity contribution in [1.82, 2.24) is 10.6 Å². The molecule has 0 aliphatic carbocycles. The molecule has 2 N–H and O–H groups in total. The van der Waals surface area contributed by atoms with Crippen molar-refractivity contribution in [3.63, 3.8) is 0 Å². The van der Waals surface area contributed by atoms with Gasteiger partial charge in [0.25, 0.3) is 5.91 Å². The Morgan fingerprint density at radius 2 is 1.85 bits per heavy atom. The Morgan fingerprint density at radius 1 is 1.04 bits per heavy atom. The number of fused-ring (bicyclic) bond motifs is 3. The number of hydrogen-bond donors (Lipinski definition) is 2. The van der Waals surface area contributed by atoms with Gasteiger partial charge in [-0.05, 0) is 41.3 Å². The number of ether oxygens (including phenoxy) is 2. The largest absolute Gasteiger partial charge is 0.497 e. The third-order valence-corrected chi connectivity index (χ3v) is 5.35. The first-order chi connectivity index (χ1) is 12.7. The topological polar surface area (TPSA) is 59.6 Å². The highest BCUT2D eigenvalue weighted by Gasteiger charge is 2.34. The quantitative estimate of drug-likeness (QED) is 0.867. The van der Waals surface area contributed by atoms with Gasteiger partial charge in [-0.3, -0.25) is 4.79 Å². The molecular formula is C21H24N2O3. The first-order valence-electron chi connectivity index (χ1n) is 9.13. The first-order valence-corrected chi connectivity index (χ1v) is 9.13. The van der Waals surface area contributed by atoms with Crippen molar-refractivity contribution >= 4 is 5.91 Å². The fraction of sp³-hybridized carbons (Fsp3) is 0.381. The normalized spacial score (nSPS) is 21.3. The van der Waals surface area contributed by atoms with Gasteiger partial charge >= 0.3 is 0 Å². The Hall–Kier alpha value is -2.53. The maximum atomic E-state index is 12.4. The molecule has 2 atom stereocenters. The molecule has 0 aromatic heterocycles. The van der Waals surface area contributed by atoms with Crippen LogP contribution in [0.2, 0.25) is 0 Å². The molecule has 5 heteroatoms. The minimum absolute atomic E-state index is 0.00926. The summed E-state index contributed by atoms with van der Waals surface area (Å²) in [5.41, 5.74) is 3.08. The van der Waals surface area contributed by atoms with E-state index in [4.69, 9.17) is 9.47 Å². The lowest BCUT2D eigenvalue weighted by Crippen LogP contribution is -2.28. The van der Waals surface area contributed by atoms with Crippen LogP contribution in [-0.2, 0) is 6.42 Å². The van der Waals surface area contributed by atoms with E-state index >= 15 is 0 Å². The molecule has 0 saturated carbocycles. The van der Waals surface area contributed by atoms with Crippen LogP contribution in [0.3, 0.4) is 0 Å². The number of rotatable bonds is 5. The minimum atomic E-state index is 0.00926. The van der Waals surface area contributed by atoms with Gasteiger partial charge in [0.1, 0.15) is 11.5 Å². The number of nitrogens with one attached hydrogen (secondary N) is 2. The second-order valence-electron chi connectivity index (χ2n) is 6.93. The Morgan fingerprint density at radius 3 is 2.65 bits per heavy atom. The summed E-state index contributed by atoms with van der Waals surface area (Å²) in [4.78, 5) is 12.4. The average molecular weight is 352 g/mol. The van der Waals surface area contributed by atoms with E-state index in [9.17, 15) is 4.79 Å². The van der Waals surface area contributed by atoms with Gasteiger partial charge in [0, 0.05) is 37.5 Å². The van der Waals surface area contributed by atoms with Crippen LogP contribution in [0, 0.1) is 5.92 Å². The van der Waals surface area contributed by atoms with Gasteiger partial charge in [-0.1, -0.05) is 18.2 Å². The lowest BCUT2D eigenvalue weighted by atomic mass is 9.87. The summed E-state index contributed by atoms with van der Waals surface area (Å²) in [6.07, 6.45) is 0.807. The van der Waals surface area contributed by atoms with Gasteiger partial charge in [0.05, 0.1) is 13.7 Å². The summed E-state index contributed by atoms with van der Waals surface area (Å²) in [5, 5.41) is 6.48. The van der Waals surface area contributed by atoms with E-state index in [1.54, 1.807) is 7.11 Å². The molecule has 1 amide bonds. The van der Waals surface area contributed by atoms with E-state index in [1.807, 2.05) is 36.4 Å². The van der Waals surface area contributed by atoms with Gasteiger partial charge in [0.2, 0.25) is 0 Å². The summed E-state index contributed by atoms with van der Waals surface area (Å²) in [5.74, 6) is 2.48. The van der Waals surface area contributed by atoms with E-state index in [1.165, 1.54) is 5.56 Å². The van der Waals surface area contributed by atoms with Crippen molar-refractivity contribution in [2.45, 2.75) is 12.3 Å². The standard InChI is InChI=1S/C21H24N2O3/c1-25-16-4-2-14(3-5-16)8-9-26-17-6-7-18-19(10-17)21(24)23-12-15-11-22-13-20(15)18/h2-7,10,15,20,22H,8-9,11-13H2,1H3,(H,23,24)/t15-,20?/m0/s1. The van der Waals surface area contributed by atoms with Crippen molar-refractivity contribution in [2.24, 2.45) is 5.92 Å². The fourth-order valence-corrected chi connectivity index (χ4v) is 3.85. The van der Waals surface area contributed by atoms with Crippen molar-refractivity contribution in [3.8, 4) is 11.5 Å². The third-order valence-electron chi connectivity index (χ3n) is 5.35. The zero-order valence-corrected chi connectivity index (χ0v) is 15.0. The smallest absolute Gasteiger partial charge is 0.251 e. The summed E-state index contributed by atoms with van der Waals surface area (Å²) in [6.45, 7) is 3.20. The summed E-state index contributed by atoms with van der Waals surface area (Å²) < 4.78 is 11.1. The van der Waals surface area contributed by atoms with E-state index in [2.05, 4.69) is 16.7 Å². The van der Waals surface area contributed by atoms with Crippen LogP contribution in [0.15, 0.2) is 42.5 Å². The predicted octanol–water partition coefficient (Wildman–Crippen LogP) is 2.36. The first kappa shape index (κ1) is 16.9. The highest BCUT2D eigenvalue weighted by atomic mass is 16.5. The van der Waals surface area contributed by atoms with Crippen molar-refractivity contribution in [2.75, 3.05) is 33.4 Å². The number of benzene rings is 2. The monoisotopic (exact) mass is 352 g/mol. The second kappa shape index (κ2) is 7.38. The lowest BCUT2D eigenvalue weighted by Gasteiger charge is -2.17. The van der Waals surface area contributed by atoms with E-state index < -0.39 is 0 Å². The van der Waals surface area contributed by atoms with Crippen LogP contribution in [0.1, 0.15) is 27.4 Å². The van der Waals surface area contributed by atoms with E-state index in [-0.39, 0.29) is 5.91 Å². The highest BCUT2D eigenvalue weighted by Crippen LogP contribution is 2.34. The van der Waals surface area contributed by atoms with Gasteiger partial charge < -0.3 is 20.1 Å². The molecule has 0 bridgehead atoms. The Labute approximate surface area is 153 Å². The predicted molar refractivity (Wildman–Crippen MR) is 100 cm³/mol. The number of amides is 1. The molecule has 2 aliphatic heterocycles. The lowest BCUT2D eigenvalue weighted by molar-refractivity contribution is 0.0952. The molecule has 2 aromatic carbocycles. The molecule has 2 aliphatic rings. The summed E-state index contributed by atoms with van der Waals surface area (Å²) >= 11 is 0. The molecule has 0 spiro atoms. The molecule has 2 aromatic rings. The molecule has 1 unspecified atom stereocenters. The summed E-state index contributed by atoms with van der Waals surface area (Å²) in [6, 6.07) is 13.9. The molecule has 0 radical (unpaired) electrons. The highest BCUT2D eigenvalue weighted by molar-refractivity contribution is 5.96. The van der Waals surface area contributed by atoms with Gasteiger partial charge in [0.15, 0.2) is 0 Å². The zero-order valence-electron chi connectivity index (χ0n) is 15.0. The van der Waals surface area contributed by atoms with Crippen LogP contribution < -0.4 is 20.1 Å². The maximum absolute atomic E-state index is 12.4. The minimum Gasteiger partial charge on any atom is -0.497 e. The fourth-order valence-electron chi connectivity index (χ4n) is 3.85. The third kappa shape index (κ3) is 3.40. The van der Waals surface area contributed by atoms with Gasteiger partial charge in [-0.2, -0.15) is 0 Å². The van der Waals surface area contributed by atoms with Crippen LogP contribution in [0.4, 0.5) is 0 Å². The van der Waals surface area contributed by atoms with Crippen LogP contribution in [0.5, 0.6) is 11.5 Å². The van der Waals surface area contributed by atoms with Crippen LogP contribution in [-0.4, -0.2) is 39.3 Å². The Balaban J connectivity index is 1.44. The molecular weight excluding hydrogens is 328 g/mol. The van der Waals surface area contributed by atoms with Gasteiger partial charge in [-0.25, -0.2) is 0 Å². The number of methoxy groups -OCH3 is 1. The average Bonchev–Trinajstić information content (AvgIpc) is 3.10. The Bertz CT molecular complexity index is 788. The maximum Gasteiger partial charge on any atom is 0.251 e. The van der Waals surface area contributed by atoms with Crippen molar-refractivity contribution in [3.05, 3.63) is 59.2 Å². The molecule has 2 heterocycles. The molecule has 136 valence electrons. The van der Waals surface area contributed by atoms with Crippen molar-refractivity contribution in [1.29, 1.82) is 0 Å². The SMILES string of the molecule is COc1ccc(CCOc2ccc3c(c2)C(=O)NC[C@@H]2CNCC32)cc1. The number of hydrogen-bond acceptors (Lipinski definition) is 4.